The zero-order chi connectivity index (χ0) is 12.1. The maximum atomic E-state index is 10.7. The molecule has 0 atom stereocenters. The third-order valence-corrected chi connectivity index (χ3v) is 2.36. The smallest absolute Gasteiger partial charge is 0.317 e. The first kappa shape index (κ1) is 12.5. The summed E-state index contributed by atoms with van der Waals surface area (Å²) in [6.07, 6.45) is 0. The first-order chi connectivity index (χ1) is 7.49. The number of nitrogens with zero attached hydrogens (tertiary/aromatic N) is 1. The number of carboxylic acid groups (broad SMARTS) is 1. The monoisotopic (exact) mass is 223 g/mol. The molecule has 1 aromatic carbocycles. The lowest BCUT2D eigenvalue weighted by Crippen LogP contribution is -2.35. The molecule has 88 valence electrons. The summed E-state index contributed by atoms with van der Waals surface area (Å²) in [4.78, 5) is 12.5. The number of rotatable bonds is 5. The highest BCUT2D eigenvalue weighted by Gasteiger charge is 2.13. The van der Waals surface area contributed by atoms with Crippen molar-refractivity contribution in [2.75, 3.05) is 6.54 Å². The Kier molecular flexibility index (Phi) is 4.31. The van der Waals surface area contributed by atoms with Crippen LogP contribution in [0.4, 0.5) is 0 Å². The Morgan fingerprint density at radius 3 is 2.62 bits per heavy atom. The highest BCUT2D eigenvalue weighted by atomic mass is 16.4. The number of hydrogen-bond acceptors (Lipinski definition) is 3. The lowest BCUT2D eigenvalue weighted by Gasteiger charge is -2.24. The maximum Gasteiger partial charge on any atom is 0.317 e. The molecular weight excluding hydrogens is 206 g/mol. The molecule has 0 amide bonds. The van der Waals surface area contributed by atoms with Crippen LogP contribution in [0, 0.1) is 0 Å². The molecule has 4 heteroatoms. The number of phenolic OH excluding ortho intramolecular Hbond substituents is 1. The Labute approximate surface area is 95.1 Å². The van der Waals surface area contributed by atoms with Crippen LogP contribution < -0.4 is 0 Å². The lowest BCUT2D eigenvalue weighted by atomic mass is 10.2. The van der Waals surface area contributed by atoms with Gasteiger partial charge in [-0.1, -0.05) is 12.1 Å². The molecule has 0 radical (unpaired) electrons. The molecule has 0 aliphatic rings. The van der Waals surface area contributed by atoms with Gasteiger partial charge >= 0.3 is 5.97 Å². The summed E-state index contributed by atoms with van der Waals surface area (Å²) in [6, 6.07) is 7.02. The predicted octanol–water partition coefficient (Wildman–Crippen LogP) is 1.69. The summed E-state index contributed by atoms with van der Waals surface area (Å²) >= 11 is 0. The number of carboxylic acids is 1. The number of carbonyl (C=O) groups is 1. The fraction of sp³-hybridized carbons (Fsp3) is 0.417. The van der Waals surface area contributed by atoms with Crippen LogP contribution >= 0.6 is 0 Å². The molecule has 0 unspecified atom stereocenters. The highest BCUT2D eigenvalue weighted by Crippen LogP contribution is 2.14. The zero-order valence-electron chi connectivity index (χ0n) is 9.55. The quantitative estimate of drug-likeness (QED) is 0.797. The molecule has 0 bridgehead atoms. The molecule has 1 aromatic rings. The third-order valence-electron chi connectivity index (χ3n) is 2.36. The van der Waals surface area contributed by atoms with E-state index in [1.807, 2.05) is 24.8 Å². The van der Waals surface area contributed by atoms with Crippen molar-refractivity contribution in [3.63, 3.8) is 0 Å². The largest absolute Gasteiger partial charge is 0.508 e. The van der Waals surface area contributed by atoms with Crippen LogP contribution in [0.2, 0.25) is 0 Å². The van der Waals surface area contributed by atoms with Gasteiger partial charge in [0.1, 0.15) is 5.75 Å². The topological polar surface area (TPSA) is 60.8 Å². The summed E-state index contributed by atoms with van der Waals surface area (Å²) in [5.74, 6) is -0.634. The first-order valence-electron chi connectivity index (χ1n) is 5.23. The predicted molar refractivity (Wildman–Crippen MR) is 61.3 cm³/mol. The maximum absolute atomic E-state index is 10.7. The Morgan fingerprint density at radius 2 is 2.12 bits per heavy atom. The third kappa shape index (κ3) is 3.90. The molecule has 0 aliphatic carbocycles. The lowest BCUT2D eigenvalue weighted by molar-refractivity contribution is -0.138. The molecule has 1 rings (SSSR count). The molecule has 4 nitrogen and oxygen atoms in total. The van der Waals surface area contributed by atoms with Crippen LogP contribution in [0.15, 0.2) is 24.3 Å². The van der Waals surface area contributed by atoms with E-state index in [-0.39, 0.29) is 18.3 Å². The normalized spacial score (nSPS) is 11.0. The van der Waals surface area contributed by atoms with Crippen molar-refractivity contribution >= 4 is 5.97 Å². The molecule has 0 spiro atoms. The average molecular weight is 223 g/mol. The van der Waals surface area contributed by atoms with E-state index in [0.29, 0.717) is 6.54 Å². The van der Waals surface area contributed by atoms with Gasteiger partial charge in [-0.2, -0.15) is 0 Å². The Hall–Kier alpha value is -1.55. The van der Waals surface area contributed by atoms with Gasteiger partial charge in [0, 0.05) is 12.6 Å². The van der Waals surface area contributed by atoms with Crippen molar-refractivity contribution in [2.24, 2.45) is 0 Å². The molecular formula is C12H17NO3. The molecule has 2 N–H and O–H groups in total. The average Bonchev–Trinajstić information content (AvgIpc) is 2.15. The minimum absolute atomic E-state index is 0.00726. The van der Waals surface area contributed by atoms with E-state index in [2.05, 4.69) is 0 Å². The Bertz CT molecular complexity index is 363. The van der Waals surface area contributed by atoms with Gasteiger partial charge in [0.2, 0.25) is 0 Å². The Morgan fingerprint density at radius 1 is 1.44 bits per heavy atom. The summed E-state index contributed by atoms with van der Waals surface area (Å²) in [5, 5.41) is 18.1. The van der Waals surface area contributed by atoms with E-state index in [0.717, 1.165) is 5.56 Å². The first-order valence-corrected chi connectivity index (χ1v) is 5.23. The van der Waals surface area contributed by atoms with Gasteiger partial charge in [-0.15, -0.1) is 0 Å². The van der Waals surface area contributed by atoms with Crippen molar-refractivity contribution in [1.29, 1.82) is 0 Å². The zero-order valence-corrected chi connectivity index (χ0v) is 9.55. The van der Waals surface area contributed by atoms with Gasteiger partial charge in [0.05, 0.1) is 6.54 Å². The van der Waals surface area contributed by atoms with Gasteiger partial charge in [-0.3, -0.25) is 9.69 Å². The minimum atomic E-state index is -0.839. The van der Waals surface area contributed by atoms with Crippen molar-refractivity contribution < 1.29 is 15.0 Å². The van der Waals surface area contributed by atoms with E-state index in [1.165, 1.54) is 0 Å². The second-order valence-corrected chi connectivity index (χ2v) is 4.06. The molecule has 0 aliphatic heterocycles. The summed E-state index contributed by atoms with van der Waals surface area (Å²) in [6.45, 7) is 4.43. The van der Waals surface area contributed by atoms with Crippen LogP contribution in [-0.4, -0.2) is 33.7 Å². The van der Waals surface area contributed by atoms with Gasteiger partial charge < -0.3 is 10.2 Å². The van der Waals surface area contributed by atoms with Crippen molar-refractivity contribution in [3.05, 3.63) is 29.8 Å². The fourth-order valence-electron chi connectivity index (χ4n) is 1.48. The van der Waals surface area contributed by atoms with Crippen molar-refractivity contribution in [3.8, 4) is 5.75 Å². The molecule has 0 aromatic heterocycles. The molecule has 0 heterocycles. The van der Waals surface area contributed by atoms with E-state index < -0.39 is 5.97 Å². The number of aliphatic carboxylic acids is 1. The van der Waals surface area contributed by atoms with Crippen molar-refractivity contribution in [2.45, 2.75) is 26.4 Å². The van der Waals surface area contributed by atoms with Crippen LogP contribution in [0.25, 0.3) is 0 Å². The number of hydrogen-bond donors (Lipinski definition) is 2. The van der Waals surface area contributed by atoms with E-state index in [9.17, 15) is 9.90 Å². The molecule has 0 saturated heterocycles. The number of benzene rings is 1. The number of phenols is 1. The van der Waals surface area contributed by atoms with Gasteiger partial charge in [-0.05, 0) is 31.5 Å². The standard InChI is InChI=1S/C12H17NO3/c1-9(2)13(8-12(15)16)7-10-4-3-5-11(14)6-10/h3-6,9,14H,7-8H2,1-2H3,(H,15,16). The van der Waals surface area contributed by atoms with Gasteiger partial charge in [-0.25, -0.2) is 0 Å². The van der Waals surface area contributed by atoms with E-state index in [1.54, 1.807) is 18.2 Å². The number of aromatic hydroxyl groups is 1. The van der Waals surface area contributed by atoms with Crippen molar-refractivity contribution in [1.82, 2.24) is 4.90 Å². The summed E-state index contributed by atoms with van der Waals surface area (Å²) < 4.78 is 0. The van der Waals surface area contributed by atoms with E-state index >= 15 is 0 Å². The second-order valence-electron chi connectivity index (χ2n) is 4.06. The second kappa shape index (κ2) is 5.51. The van der Waals surface area contributed by atoms with Gasteiger partial charge in [0.25, 0.3) is 0 Å². The summed E-state index contributed by atoms with van der Waals surface area (Å²) in [7, 11) is 0. The van der Waals surface area contributed by atoms with E-state index in [4.69, 9.17) is 5.11 Å². The van der Waals surface area contributed by atoms with Crippen LogP contribution in [0.3, 0.4) is 0 Å². The minimum Gasteiger partial charge on any atom is -0.508 e. The summed E-state index contributed by atoms with van der Waals surface area (Å²) in [5.41, 5.74) is 0.912. The molecule has 0 fully saturated rings. The highest BCUT2D eigenvalue weighted by molar-refractivity contribution is 5.69. The molecule has 16 heavy (non-hydrogen) atoms. The fourth-order valence-corrected chi connectivity index (χ4v) is 1.48. The molecule has 0 saturated carbocycles. The SMILES string of the molecule is CC(C)N(CC(=O)O)Cc1cccc(O)c1. The van der Waals surface area contributed by atoms with Crippen LogP contribution in [0.1, 0.15) is 19.4 Å². The van der Waals surface area contributed by atoms with Crippen LogP contribution in [0.5, 0.6) is 5.75 Å². The van der Waals surface area contributed by atoms with Gasteiger partial charge in [0.15, 0.2) is 0 Å². The van der Waals surface area contributed by atoms with Crippen LogP contribution in [-0.2, 0) is 11.3 Å². The Balaban J connectivity index is 2.71.